The Bertz CT molecular complexity index is 1470. The van der Waals surface area contributed by atoms with Crippen LogP contribution in [0.3, 0.4) is 0 Å². The molecular formula is C25H21N3O4S. The second kappa shape index (κ2) is 9.13. The lowest BCUT2D eigenvalue weighted by atomic mass is 10.0. The molecule has 3 N–H and O–H groups in total. The third kappa shape index (κ3) is 4.86. The van der Waals surface area contributed by atoms with Gasteiger partial charge in [0.1, 0.15) is 5.75 Å². The number of hydrogen-bond donors (Lipinski definition) is 3. The molecule has 0 spiro atoms. The molecule has 33 heavy (non-hydrogen) atoms. The van der Waals surface area contributed by atoms with Crippen molar-refractivity contribution in [3.8, 4) is 5.75 Å². The van der Waals surface area contributed by atoms with E-state index in [0.717, 1.165) is 5.39 Å². The molecule has 0 atom stereocenters. The summed E-state index contributed by atoms with van der Waals surface area (Å²) in [6, 6.07) is 25.2. The van der Waals surface area contributed by atoms with Crippen LogP contribution in [-0.2, 0) is 10.0 Å². The van der Waals surface area contributed by atoms with Crippen LogP contribution in [-0.4, -0.2) is 25.1 Å². The van der Waals surface area contributed by atoms with Gasteiger partial charge in [-0.05, 0) is 53.6 Å². The predicted molar refractivity (Wildman–Crippen MR) is 129 cm³/mol. The fraction of sp³-hybridized carbons (Fsp3) is 0.0400. The van der Waals surface area contributed by atoms with Crippen molar-refractivity contribution in [3.05, 3.63) is 102 Å². The topological polar surface area (TPSA) is 108 Å². The Balaban J connectivity index is 1.55. The number of amides is 1. The molecule has 0 aliphatic rings. The average Bonchev–Trinajstić information content (AvgIpc) is 2.82. The number of carbonyl (C=O) groups excluding carboxylic acids is 1. The highest BCUT2D eigenvalue weighted by Gasteiger charge is 2.16. The summed E-state index contributed by atoms with van der Waals surface area (Å²) in [6.45, 7) is 1.69. The molecule has 0 radical (unpaired) electrons. The smallest absolute Gasteiger partial charge is 0.275 e. The molecule has 0 unspecified atom stereocenters. The lowest BCUT2D eigenvalue weighted by Crippen LogP contribution is -2.20. The summed E-state index contributed by atoms with van der Waals surface area (Å²) in [7, 11) is -3.73. The summed E-state index contributed by atoms with van der Waals surface area (Å²) < 4.78 is 27.7. The molecule has 8 heteroatoms. The summed E-state index contributed by atoms with van der Waals surface area (Å²) in [4.78, 5) is 12.9. The molecule has 7 nitrogen and oxygen atoms in total. The van der Waals surface area contributed by atoms with E-state index >= 15 is 0 Å². The third-order valence-corrected chi connectivity index (χ3v) is 6.44. The molecule has 0 aliphatic carbocycles. The first-order chi connectivity index (χ1) is 15.8. The van der Waals surface area contributed by atoms with E-state index in [-0.39, 0.29) is 16.2 Å². The lowest BCUT2D eigenvalue weighted by Gasteiger charge is -2.10. The molecular weight excluding hydrogens is 438 g/mol. The maximum Gasteiger partial charge on any atom is 0.275 e. The van der Waals surface area contributed by atoms with E-state index in [1.165, 1.54) is 18.2 Å². The minimum absolute atomic E-state index is 0.133. The number of benzene rings is 4. The van der Waals surface area contributed by atoms with Crippen molar-refractivity contribution in [2.24, 2.45) is 5.10 Å². The highest BCUT2D eigenvalue weighted by molar-refractivity contribution is 7.92. The largest absolute Gasteiger partial charge is 0.507 e. The van der Waals surface area contributed by atoms with Gasteiger partial charge >= 0.3 is 0 Å². The number of aromatic hydroxyl groups is 1. The van der Waals surface area contributed by atoms with E-state index in [0.29, 0.717) is 22.3 Å². The Morgan fingerprint density at radius 1 is 0.879 bits per heavy atom. The van der Waals surface area contributed by atoms with Crippen molar-refractivity contribution >= 4 is 38.1 Å². The van der Waals surface area contributed by atoms with Crippen molar-refractivity contribution in [1.82, 2.24) is 5.43 Å². The third-order valence-electron chi connectivity index (χ3n) is 5.05. The van der Waals surface area contributed by atoms with Gasteiger partial charge in [0.15, 0.2) is 0 Å². The Morgan fingerprint density at radius 2 is 1.61 bits per heavy atom. The summed E-state index contributed by atoms with van der Waals surface area (Å²) in [5, 5.41) is 15.8. The zero-order valence-corrected chi connectivity index (χ0v) is 18.5. The molecule has 1 amide bonds. The number of hydrogen-bond acceptors (Lipinski definition) is 5. The van der Waals surface area contributed by atoms with Crippen LogP contribution < -0.4 is 10.1 Å². The van der Waals surface area contributed by atoms with E-state index in [9.17, 15) is 18.3 Å². The van der Waals surface area contributed by atoms with Crippen LogP contribution in [0.1, 0.15) is 22.8 Å². The van der Waals surface area contributed by atoms with Gasteiger partial charge in [-0.25, -0.2) is 13.8 Å². The number of nitrogens with zero attached hydrogens (tertiary/aromatic N) is 1. The minimum atomic E-state index is -3.73. The average molecular weight is 460 g/mol. The molecule has 0 fully saturated rings. The Hall–Kier alpha value is -4.17. The first-order valence-electron chi connectivity index (χ1n) is 10.1. The van der Waals surface area contributed by atoms with Crippen LogP contribution >= 0.6 is 0 Å². The van der Waals surface area contributed by atoms with E-state index in [2.05, 4.69) is 15.2 Å². The highest BCUT2D eigenvalue weighted by atomic mass is 32.2. The van der Waals surface area contributed by atoms with Crippen LogP contribution in [0.2, 0.25) is 0 Å². The van der Waals surface area contributed by atoms with Crippen molar-refractivity contribution in [2.45, 2.75) is 11.8 Å². The second-order valence-corrected chi connectivity index (χ2v) is 9.00. The summed E-state index contributed by atoms with van der Waals surface area (Å²) in [5.74, 6) is -0.694. The summed E-state index contributed by atoms with van der Waals surface area (Å²) in [5.41, 5.74) is 4.05. The number of phenolic OH excluding ortho intramolecular Hbond substituents is 1. The van der Waals surface area contributed by atoms with Gasteiger partial charge in [0.05, 0.1) is 16.2 Å². The number of sulfonamides is 1. The van der Waals surface area contributed by atoms with E-state index in [1.54, 1.807) is 67.6 Å². The zero-order chi connectivity index (χ0) is 23.4. The van der Waals surface area contributed by atoms with E-state index in [4.69, 9.17) is 0 Å². The molecule has 4 aromatic rings. The monoisotopic (exact) mass is 459 g/mol. The predicted octanol–water partition coefficient (Wildman–Crippen LogP) is 4.50. The lowest BCUT2D eigenvalue weighted by molar-refractivity contribution is 0.0954. The summed E-state index contributed by atoms with van der Waals surface area (Å²) in [6.07, 6.45) is 0. The second-order valence-electron chi connectivity index (χ2n) is 7.32. The molecule has 4 aromatic carbocycles. The molecule has 166 valence electrons. The molecule has 4 rings (SSSR count). The van der Waals surface area contributed by atoms with Gasteiger partial charge in [0.25, 0.3) is 15.9 Å². The van der Waals surface area contributed by atoms with Crippen molar-refractivity contribution < 1.29 is 18.3 Å². The Kier molecular flexibility index (Phi) is 6.10. The first-order valence-corrected chi connectivity index (χ1v) is 11.6. The molecule has 0 heterocycles. The molecule has 0 bridgehead atoms. The summed E-state index contributed by atoms with van der Waals surface area (Å²) >= 11 is 0. The van der Waals surface area contributed by atoms with Crippen LogP contribution in [0.4, 0.5) is 5.69 Å². The van der Waals surface area contributed by atoms with Crippen LogP contribution in [0.25, 0.3) is 10.8 Å². The minimum Gasteiger partial charge on any atom is -0.507 e. The quantitative estimate of drug-likeness (QED) is 0.291. The molecule has 0 saturated carbocycles. The normalized spacial score (nSPS) is 11.8. The number of rotatable bonds is 6. The maximum absolute atomic E-state index is 12.8. The van der Waals surface area contributed by atoms with Gasteiger partial charge in [-0.15, -0.1) is 0 Å². The first kappa shape index (κ1) is 22.0. The number of carbonyl (C=O) groups is 1. The van der Waals surface area contributed by atoms with Gasteiger partial charge in [0, 0.05) is 5.69 Å². The Labute approximate surface area is 191 Å². The standard InChI is InChI=1S/C25H21N3O4S/c1-17(26-27-25(30)24-22-13-6-5-8-18(22)14-15-23(24)29)19-9-7-10-20(16-19)28-33(31,32)21-11-3-2-4-12-21/h2-16,28-29H,1H3,(H,27,30)/b26-17-. The number of hydrazone groups is 1. The van der Waals surface area contributed by atoms with Crippen molar-refractivity contribution in [3.63, 3.8) is 0 Å². The Morgan fingerprint density at radius 3 is 2.39 bits per heavy atom. The number of nitrogens with one attached hydrogen (secondary N) is 2. The fourth-order valence-corrected chi connectivity index (χ4v) is 4.45. The van der Waals surface area contributed by atoms with Crippen molar-refractivity contribution in [1.29, 1.82) is 0 Å². The van der Waals surface area contributed by atoms with E-state index < -0.39 is 15.9 Å². The van der Waals surface area contributed by atoms with E-state index in [1.807, 2.05) is 12.1 Å². The van der Waals surface area contributed by atoms with Gasteiger partial charge in [0.2, 0.25) is 0 Å². The fourth-order valence-electron chi connectivity index (χ4n) is 3.38. The molecule has 0 aliphatic heterocycles. The van der Waals surface area contributed by atoms with Crippen LogP contribution in [0, 0.1) is 0 Å². The van der Waals surface area contributed by atoms with Gasteiger partial charge in [-0.3, -0.25) is 9.52 Å². The maximum atomic E-state index is 12.8. The van der Waals surface area contributed by atoms with Gasteiger partial charge in [-0.1, -0.05) is 60.7 Å². The van der Waals surface area contributed by atoms with Gasteiger partial charge < -0.3 is 5.11 Å². The number of fused-ring (bicyclic) bond motifs is 1. The van der Waals surface area contributed by atoms with Gasteiger partial charge in [-0.2, -0.15) is 5.10 Å². The number of phenols is 1. The molecule has 0 aromatic heterocycles. The van der Waals surface area contributed by atoms with Crippen LogP contribution in [0.15, 0.2) is 101 Å². The SMILES string of the molecule is C/C(=N/NC(=O)c1c(O)ccc2ccccc12)c1cccc(NS(=O)(=O)c2ccccc2)c1. The highest BCUT2D eigenvalue weighted by Crippen LogP contribution is 2.27. The molecule has 0 saturated heterocycles. The number of anilines is 1. The van der Waals surface area contributed by atoms with Crippen molar-refractivity contribution in [2.75, 3.05) is 4.72 Å². The van der Waals surface area contributed by atoms with Crippen LogP contribution in [0.5, 0.6) is 5.75 Å². The zero-order valence-electron chi connectivity index (χ0n) is 17.7.